The quantitative estimate of drug-likeness (QED) is 0.827. The van der Waals surface area contributed by atoms with Crippen LogP contribution >= 0.6 is 0 Å². The summed E-state index contributed by atoms with van der Waals surface area (Å²) in [4.78, 5) is -0.188. The molecular formula is C15H17FN2O4S2. The Balaban J connectivity index is 2.12. The van der Waals surface area contributed by atoms with Crippen LogP contribution in [0.2, 0.25) is 0 Å². The van der Waals surface area contributed by atoms with Gasteiger partial charge in [0.2, 0.25) is 20.0 Å². The average Bonchev–Trinajstić information content (AvgIpc) is 2.53. The molecule has 0 atom stereocenters. The molecule has 0 aliphatic heterocycles. The lowest BCUT2D eigenvalue weighted by atomic mass is 10.1. The first-order valence-electron chi connectivity index (χ1n) is 6.94. The Hall–Kier alpha value is -1.81. The summed E-state index contributed by atoms with van der Waals surface area (Å²) >= 11 is 0. The maximum absolute atomic E-state index is 12.9. The molecule has 0 fully saturated rings. The highest BCUT2D eigenvalue weighted by Gasteiger charge is 2.21. The van der Waals surface area contributed by atoms with Crippen LogP contribution in [0, 0.1) is 5.82 Å². The molecule has 0 saturated heterocycles. The molecule has 2 rings (SSSR count). The minimum atomic E-state index is -3.87. The highest BCUT2D eigenvalue weighted by Crippen LogP contribution is 2.17. The molecule has 2 aromatic carbocycles. The van der Waals surface area contributed by atoms with Crippen LogP contribution < -0.4 is 5.14 Å². The molecule has 0 bridgehead atoms. The van der Waals surface area contributed by atoms with E-state index < -0.39 is 20.0 Å². The van der Waals surface area contributed by atoms with Crippen LogP contribution in [0.5, 0.6) is 0 Å². The third-order valence-electron chi connectivity index (χ3n) is 3.49. The van der Waals surface area contributed by atoms with Gasteiger partial charge in [-0.2, -0.15) is 0 Å². The van der Waals surface area contributed by atoms with Crippen molar-refractivity contribution in [2.24, 2.45) is 5.14 Å². The second kappa shape index (κ2) is 6.98. The first-order valence-corrected chi connectivity index (χ1v) is 9.93. The van der Waals surface area contributed by atoms with Crippen molar-refractivity contribution in [3.63, 3.8) is 0 Å². The molecule has 130 valence electrons. The van der Waals surface area contributed by atoms with E-state index in [1.807, 2.05) is 0 Å². The van der Waals surface area contributed by atoms with Gasteiger partial charge in [0.1, 0.15) is 5.82 Å². The molecule has 2 N–H and O–H groups in total. The second-order valence-corrected chi connectivity index (χ2v) is 8.83. The van der Waals surface area contributed by atoms with Crippen molar-refractivity contribution >= 4 is 20.0 Å². The molecule has 0 aliphatic carbocycles. The molecule has 0 aromatic heterocycles. The van der Waals surface area contributed by atoms with Gasteiger partial charge in [-0.15, -0.1) is 0 Å². The van der Waals surface area contributed by atoms with Gasteiger partial charge >= 0.3 is 0 Å². The number of primary sulfonamides is 1. The summed E-state index contributed by atoms with van der Waals surface area (Å²) in [5, 5.41) is 4.98. The van der Waals surface area contributed by atoms with E-state index in [-0.39, 0.29) is 22.2 Å². The van der Waals surface area contributed by atoms with Crippen molar-refractivity contribution < 1.29 is 21.2 Å². The van der Waals surface area contributed by atoms with Crippen molar-refractivity contribution in [1.82, 2.24) is 4.31 Å². The summed E-state index contributed by atoms with van der Waals surface area (Å²) in [5.41, 5.74) is 0.808. The van der Waals surface area contributed by atoms with E-state index in [0.29, 0.717) is 6.42 Å². The summed E-state index contributed by atoms with van der Waals surface area (Å²) in [6.45, 7) is 0.199. The Morgan fingerprint density at radius 2 is 1.42 bits per heavy atom. The van der Waals surface area contributed by atoms with Crippen LogP contribution in [-0.2, 0) is 26.5 Å². The van der Waals surface area contributed by atoms with E-state index in [2.05, 4.69) is 0 Å². The largest absolute Gasteiger partial charge is 0.242 e. The Bertz CT molecular complexity index is 909. The molecule has 0 aliphatic rings. The normalized spacial score (nSPS) is 12.5. The van der Waals surface area contributed by atoms with Crippen molar-refractivity contribution in [3.8, 4) is 0 Å². The predicted octanol–water partition coefficient (Wildman–Crippen LogP) is 1.34. The Morgan fingerprint density at radius 1 is 0.917 bits per heavy atom. The fourth-order valence-electron chi connectivity index (χ4n) is 2.04. The molecular weight excluding hydrogens is 355 g/mol. The number of nitrogens with two attached hydrogens (primary N) is 1. The van der Waals surface area contributed by atoms with Gasteiger partial charge in [0.15, 0.2) is 0 Å². The standard InChI is InChI=1S/C15H17FN2O4S2/c1-18(11-10-12-2-4-13(16)5-3-12)24(21,22)15-8-6-14(7-9-15)23(17,19)20/h2-9H,10-11H2,1H3,(H2,17,19,20). The Kier molecular flexibility index (Phi) is 5.38. The number of hydrogen-bond acceptors (Lipinski definition) is 4. The molecule has 0 unspecified atom stereocenters. The minimum Gasteiger partial charge on any atom is -0.225 e. The number of benzene rings is 2. The SMILES string of the molecule is CN(CCc1ccc(F)cc1)S(=O)(=O)c1ccc(S(N)(=O)=O)cc1. The molecule has 6 nitrogen and oxygen atoms in total. The van der Waals surface area contributed by atoms with E-state index in [1.165, 1.54) is 31.3 Å². The highest BCUT2D eigenvalue weighted by atomic mass is 32.2. The van der Waals surface area contributed by atoms with Crippen molar-refractivity contribution in [3.05, 3.63) is 59.9 Å². The maximum atomic E-state index is 12.9. The van der Waals surface area contributed by atoms with Gasteiger partial charge < -0.3 is 0 Å². The summed E-state index contributed by atoms with van der Waals surface area (Å²) < 4.78 is 61.3. The number of halogens is 1. The lowest BCUT2D eigenvalue weighted by Gasteiger charge is -2.17. The average molecular weight is 372 g/mol. The maximum Gasteiger partial charge on any atom is 0.242 e. The number of sulfonamides is 2. The van der Waals surface area contributed by atoms with Gasteiger partial charge in [0.05, 0.1) is 9.79 Å². The summed E-state index contributed by atoms with van der Waals surface area (Å²) in [7, 11) is -6.21. The number of likely N-dealkylation sites (N-methyl/N-ethyl adjacent to an activating group) is 1. The van der Waals surface area contributed by atoms with Gasteiger partial charge in [0, 0.05) is 13.6 Å². The van der Waals surface area contributed by atoms with Gasteiger partial charge in [-0.05, 0) is 48.4 Å². The first-order chi connectivity index (χ1) is 11.1. The van der Waals surface area contributed by atoms with Gasteiger partial charge in [0.25, 0.3) is 0 Å². The van der Waals surface area contributed by atoms with E-state index in [1.54, 1.807) is 12.1 Å². The zero-order valence-electron chi connectivity index (χ0n) is 12.9. The predicted molar refractivity (Wildman–Crippen MR) is 87.7 cm³/mol. The number of nitrogens with zero attached hydrogens (tertiary/aromatic N) is 1. The zero-order chi connectivity index (χ0) is 18.0. The molecule has 0 amide bonds. The van der Waals surface area contributed by atoms with Crippen LogP contribution in [0.3, 0.4) is 0 Å². The highest BCUT2D eigenvalue weighted by molar-refractivity contribution is 7.89. The molecule has 0 saturated carbocycles. The third-order valence-corrected chi connectivity index (χ3v) is 6.29. The van der Waals surface area contributed by atoms with Crippen LogP contribution in [-0.4, -0.2) is 34.7 Å². The fraction of sp³-hybridized carbons (Fsp3) is 0.200. The molecule has 2 aromatic rings. The zero-order valence-corrected chi connectivity index (χ0v) is 14.5. The lowest BCUT2D eigenvalue weighted by Crippen LogP contribution is -2.29. The van der Waals surface area contributed by atoms with E-state index in [0.717, 1.165) is 22.0 Å². The van der Waals surface area contributed by atoms with E-state index in [4.69, 9.17) is 5.14 Å². The summed E-state index contributed by atoms with van der Waals surface area (Å²) in [5.74, 6) is -0.352. The molecule has 0 heterocycles. The van der Waals surface area contributed by atoms with E-state index >= 15 is 0 Å². The first kappa shape index (κ1) is 18.5. The fourth-order valence-corrected chi connectivity index (χ4v) is 3.73. The topological polar surface area (TPSA) is 97.5 Å². The summed E-state index contributed by atoms with van der Waals surface area (Å²) in [6, 6.07) is 10.5. The summed E-state index contributed by atoms with van der Waals surface area (Å²) in [6.07, 6.45) is 0.422. The van der Waals surface area contributed by atoms with E-state index in [9.17, 15) is 21.2 Å². The van der Waals surface area contributed by atoms with Crippen LogP contribution in [0.1, 0.15) is 5.56 Å². The van der Waals surface area contributed by atoms with Gasteiger partial charge in [-0.3, -0.25) is 0 Å². The Labute approximate surface area is 140 Å². The smallest absolute Gasteiger partial charge is 0.225 e. The lowest BCUT2D eigenvalue weighted by molar-refractivity contribution is 0.472. The monoisotopic (exact) mass is 372 g/mol. The number of hydrogen-bond donors (Lipinski definition) is 1. The molecule has 24 heavy (non-hydrogen) atoms. The second-order valence-electron chi connectivity index (χ2n) is 5.22. The van der Waals surface area contributed by atoms with Crippen LogP contribution in [0.4, 0.5) is 4.39 Å². The van der Waals surface area contributed by atoms with Crippen LogP contribution in [0.15, 0.2) is 58.3 Å². The van der Waals surface area contributed by atoms with Gasteiger partial charge in [-0.1, -0.05) is 12.1 Å². The van der Waals surface area contributed by atoms with Crippen LogP contribution in [0.25, 0.3) is 0 Å². The van der Waals surface area contributed by atoms with Crippen molar-refractivity contribution in [1.29, 1.82) is 0 Å². The third kappa shape index (κ3) is 4.38. The molecule has 0 spiro atoms. The molecule has 9 heteroatoms. The van der Waals surface area contributed by atoms with Crippen molar-refractivity contribution in [2.75, 3.05) is 13.6 Å². The minimum absolute atomic E-state index is 0.0310. The molecule has 0 radical (unpaired) electrons. The van der Waals surface area contributed by atoms with Gasteiger partial charge in [-0.25, -0.2) is 30.7 Å². The van der Waals surface area contributed by atoms with Crippen molar-refractivity contribution in [2.45, 2.75) is 16.2 Å². The number of rotatable bonds is 6. The Morgan fingerprint density at radius 3 is 1.92 bits per heavy atom.